The van der Waals surface area contributed by atoms with Crippen LogP contribution in [0.2, 0.25) is 0 Å². The predicted octanol–water partition coefficient (Wildman–Crippen LogP) is -1.78. The molecule has 0 heterocycles. The first-order valence-corrected chi connectivity index (χ1v) is 2.47. The second kappa shape index (κ2) is 3.67. The van der Waals surface area contributed by atoms with Crippen LogP contribution in [0.5, 0.6) is 0 Å². The third kappa shape index (κ3) is 3.67. The maximum Gasteiger partial charge on any atom is 0.404 e. The lowest BCUT2D eigenvalue weighted by molar-refractivity contribution is -0.120. The molecule has 1 atom stereocenters. The average Bonchev–Trinajstić information content (AvgIpc) is 1.82. The van der Waals surface area contributed by atoms with E-state index in [1.165, 1.54) is 0 Å². The topological polar surface area (TPSA) is 119 Å². The van der Waals surface area contributed by atoms with Crippen molar-refractivity contribution in [3.63, 3.8) is 0 Å². The molecule has 10 heavy (non-hydrogen) atoms. The highest BCUT2D eigenvalue weighted by molar-refractivity contribution is 5.79. The van der Waals surface area contributed by atoms with Crippen molar-refractivity contribution >= 4 is 12.0 Å². The minimum Gasteiger partial charge on any atom is -0.447 e. The van der Waals surface area contributed by atoms with Gasteiger partial charge in [0.05, 0.1) is 0 Å². The fourth-order valence-electron chi connectivity index (χ4n) is 0.248. The summed E-state index contributed by atoms with van der Waals surface area (Å²) in [6.07, 6.45) is -1.00. The number of nitrogens with two attached hydrogens (primary N) is 2. The Morgan fingerprint density at radius 3 is 2.40 bits per heavy atom. The molecule has 0 saturated carbocycles. The molecule has 57 valence electrons. The van der Waals surface area contributed by atoms with E-state index in [9.17, 15) is 9.59 Å². The van der Waals surface area contributed by atoms with Crippen molar-refractivity contribution in [2.75, 3.05) is 6.61 Å². The quantitative estimate of drug-likeness (QED) is 0.489. The average molecular weight is 146 g/mol. The predicted molar refractivity (Wildman–Crippen MR) is 31.6 cm³/mol. The lowest BCUT2D eigenvalue weighted by Gasteiger charge is -2.04. The van der Waals surface area contributed by atoms with Gasteiger partial charge in [-0.25, -0.2) is 4.79 Å². The smallest absolute Gasteiger partial charge is 0.404 e. The summed E-state index contributed by atoms with van der Waals surface area (Å²) in [4.78, 5) is 20.0. The van der Waals surface area contributed by atoms with E-state index < -0.39 is 18.0 Å². The standard InChI is InChI=1S/C4H8N3O3/c5-2(3(6)8)1-10-4(7)9/h2,6H,1,5H2,(H2,7,9). The summed E-state index contributed by atoms with van der Waals surface area (Å²) in [6, 6.07) is -1.09. The Morgan fingerprint density at radius 1 is 1.60 bits per heavy atom. The summed E-state index contributed by atoms with van der Waals surface area (Å²) in [7, 11) is 0. The Labute approximate surface area is 57.3 Å². The number of rotatable bonds is 3. The molecule has 2 amide bonds. The molecular formula is C4H8N3O3. The van der Waals surface area contributed by atoms with Crippen molar-refractivity contribution in [3.8, 4) is 0 Å². The van der Waals surface area contributed by atoms with Crippen LogP contribution in [0.25, 0.3) is 0 Å². The molecule has 5 N–H and O–H groups in total. The van der Waals surface area contributed by atoms with E-state index in [0.29, 0.717) is 0 Å². The molecule has 6 nitrogen and oxygen atoms in total. The Hall–Kier alpha value is -1.30. The van der Waals surface area contributed by atoms with Crippen LogP contribution in [0.1, 0.15) is 0 Å². The number of hydrogen-bond donors (Lipinski definition) is 2. The number of nitrogens with one attached hydrogen (secondary N) is 1. The zero-order valence-corrected chi connectivity index (χ0v) is 5.16. The van der Waals surface area contributed by atoms with Crippen molar-refractivity contribution in [1.82, 2.24) is 5.73 Å². The third-order valence-electron chi connectivity index (χ3n) is 0.742. The van der Waals surface area contributed by atoms with Crippen LogP contribution < -0.4 is 17.2 Å². The number of hydrogen-bond acceptors (Lipinski definition) is 4. The van der Waals surface area contributed by atoms with Gasteiger partial charge in [0.25, 0.3) is 5.91 Å². The lowest BCUT2D eigenvalue weighted by Crippen LogP contribution is -2.37. The SMILES string of the molecule is [NH]C(=O)C(N)COC(N)=O. The van der Waals surface area contributed by atoms with Gasteiger partial charge >= 0.3 is 6.09 Å². The van der Waals surface area contributed by atoms with Crippen molar-refractivity contribution < 1.29 is 14.3 Å². The minimum absolute atomic E-state index is 0.336. The van der Waals surface area contributed by atoms with Gasteiger partial charge in [0, 0.05) is 0 Å². The van der Waals surface area contributed by atoms with E-state index in [2.05, 4.69) is 10.5 Å². The molecule has 0 bridgehead atoms. The van der Waals surface area contributed by atoms with Gasteiger partial charge in [-0.3, -0.25) is 10.5 Å². The molecule has 0 aromatic heterocycles. The number of carbonyl (C=O) groups is 2. The highest BCUT2D eigenvalue weighted by atomic mass is 16.5. The van der Waals surface area contributed by atoms with E-state index in [-0.39, 0.29) is 6.61 Å². The molecule has 0 fully saturated rings. The molecule has 0 aromatic carbocycles. The lowest BCUT2D eigenvalue weighted by atomic mass is 10.3. The van der Waals surface area contributed by atoms with Gasteiger partial charge in [-0.15, -0.1) is 0 Å². The summed E-state index contributed by atoms with van der Waals surface area (Å²) in [5.41, 5.74) is 16.0. The fraction of sp³-hybridized carbons (Fsp3) is 0.500. The highest BCUT2D eigenvalue weighted by Crippen LogP contribution is 1.80. The van der Waals surface area contributed by atoms with Crippen LogP contribution in [0.3, 0.4) is 0 Å². The molecule has 0 aliphatic heterocycles. The zero-order chi connectivity index (χ0) is 8.15. The third-order valence-corrected chi connectivity index (χ3v) is 0.742. The molecule has 0 aromatic rings. The second-order valence-corrected chi connectivity index (χ2v) is 1.60. The number of carbonyl (C=O) groups excluding carboxylic acids is 2. The van der Waals surface area contributed by atoms with Crippen LogP contribution in [-0.4, -0.2) is 24.6 Å². The summed E-state index contributed by atoms with van der Waals surface area (Å²) in [5, 5.41) is 0. The second-order valence-electron chi connectivity index (χ2n) is 1.60. The Bertz CT molecular complexity index is 147. The molecule has 6 heteroatoms. The van der Waals surface area contributed by atoms with Crippen LogP contribution in [0.15, 0.2) is 0 Å². The molecule has 0 saturated heterocycles. The van der Waals surface area contributed by atoms with Gasteiger partial charge in [0.2, 0.25) is 0 Å². The molecular weight excluding hydrogens is 138 g/mol. The van der Waals surface area contributed by atoms with E-state index in [1.807, 2.05) is 0 Å². The summed E-state index contributed by atoms with van der Waals surface area (Å²) in [6.45, 7) is -0.336. The molecule has 0 aliphatic rings. The first-order chi connectivity index (χ1) is 4.54. The van der Waals surface area contributed by atoms with Crippen molar-refractivity contribution in [1.29, 1.82) is 0 Å². The summed E-state index contributed by atoms with van der Waals surface area (Å²) < 4.78 is 4.14. The van der Waals surface area contributed by atoms with Crippen LogP contribution in [-0.2, 0) is 9.53 Å². The van der Waals surface area contributed by atoms with E-state index in [0.717, 1.165) is 0 Å². The minimum atomic E-state index is -1.09. The maximum atomic E-state index is 10.1. The Morgan fingerprint density at radius 2 is 2.10 bits per heavy atom. The van der Waals surface area contributed by atoms with E-state index >= 15 is 0 Å². The van der Waals surface area contributed by atoms with Gasteiger partial charge in [-0.05, 0) is 0 Å². The fourth-order valence-corrected chi connectivity index (χ4v) is 0.248. The summed E-state index contributed by atoms with van der Waals surface area (Å²) >= 11 is 0. The first kappa shape index (κ1) is 8.70. The summed E-state index contributed by atoms with van der Waals surface area (Å²) in [5.74, 6) is -0.985. The molecule has 1 radical (unpaired) electrons. The Balaban J connectivity index is 3.49. The van der Waals surface area contributed by atoms with Gasteiger partial charge < -0.3 is 16.2 Å². The largest absolute Gasteiger partial charge is 0.447 e. The van der Waals surface area contributed by atoms with Gasteiger partial charge in [-0.1, -0.05) is 0 Å². The zero-order valence-electron chi connectivity index (χ0n) is 5.16. The number of amides is 2. The maximum absolute atomic E-state index is 10.1. The molecule has 0 spiro atoms. The van der Waals surface area contributed by atoms with E-state index in [1.54, 1.807) is 0 Å². The number of ether oxygens (including phenoxy) is 1. The Kier molecular flexibility index (Phi) is 3.20. The van der Waals surface area contributed by atoms with E-state index in [4.69, 9.17) is 11.5 Å². The van der Waals surface area contributed by atoms with Crippen molar-refractivity contribution in [2.45, 2.75) is 6.04 Å². The monoisotopic (exact) mass is 146 g/mol. The van der Waals surface area contributed by atoms with Crippen LogP contribution in [0.4, 0.5) is 4.79 Å². The number of primary amides is 1. The van der Waals surface area contributed by atoms with Gasteiger partial charge in [0.15, 0.2) is 0 Å². The first-order valence-electron chi connectivity index (χ1n) is 2.47. The van der Waals surface area contributed by atoms with Gasteiger partial charge in [0.1, 0.15) is 12.6 Å². The van der Waals surface area contributed by atoms with Gasteiger partial charge in [-0.2, -0.15) is 0 Å². The van der Waals surface area contributed by atoms with Crippen molar-refractivity contribution in [3.05, 3.63) is 0 Å². The van der Waals surface area contributed by atoms with Crippen molar-refractivity contribution in [2.24, 2.45) is 11.5 Å². The molecule has 0 aliphatic carbocycles. The van der Waals surface area contributed by atoms with Crippen LogP contribution >= 0.6 is 0 Å². The molecule has 0 rings (SSSR count). The normalized spacial score (nSPS) is 12.1. The van der Waals surface area contributed by atoms with Crippen LogP contribution in [0, 0.1) is 0 Å². The molecule has 1 unspecified atom stereocenters. The highest BCUT2D eigenvalue weighted by Gasteiger charge is 2.10.